The van der Waals surface area contributed by atoms with Gasteiger partial charge in [0.05, 0.1) is 41.4 Å². The predicted molar refractivity (Wildman–Crippen MR) is 255 cm³/mol. The maximum absolute atomic E-state index is 11.2. The Kier molecular flexibility index (Phi) is 13.8. The van der Waals surface area contributed by atoms with Crippen LogP contribution >= 0.6 is 11.8 Å². The summed E-state index contributed by atoms with van der Waals surface area (Å²) in [6, 6.07) is 33.0. The number of allylic oxidation sites excluding steroid dienone is 7. The van der Waals surface area contributed by atoms with Gasteiger partial charge in [-0.15, -0.1) is 0 Å². The maximum Gasteiger partial charge on any atom is 0.210 e. The highest BCUT2D eigenvalue weighted by atomic mass is 32.2. The molecule has 0 saturated carbocycles. The fraction of sp³-hybridized carbons (Fsp3) is 0.294. The number of thioether (sulfide) groups is 1. The summed E-state index contributed by atoms with van der Waals surface area (Å²) in [4.78, 5) is 3.12. The van der Waals surface area contributed by atoms with Gasteiger partial charge in [0.25, 0.3) is 0 Å². The normalized spacial score (nSPS) is 18.9. The molecule has 0 saturated heterocycles. The number of anilines is 1. The first kappa shape index (κ1) is 45.4. The van der Waals surface area contributed by atoms with Crippen LogP contribution < -0.4 is 9.64 Å². The second-order valence-corrected chi connectivity index (χ2v) is 19.3. The number of nitriles is 1. The first-order chi connectivity index (χ1) is 30.9. The smallest absolute Gasteiger partial charge is 0.210 e. The van der Waals surface area contributed by atoms with Crippen LogP contribution in [0.4, 0.5) is 11.4 Å². The lowest BCUT2D eigenvalue weighted by atomic mass is 9.78. The summed E-state index contributed by atoms with van der Waals surface area (Å²) < 4.78 is 64.0. The quantitative estimate of drug-likeness (QED) is 0.0309. The lowest BCUT2D eigenvalue weighted by molar-refractivity contribution is -0.438. The van der Waals surface area contributed by atoms with Crippen LogP contribution in [0.2, 0.25) is 0 Å². The molecule has 0 amide bonds. The summed E-state index contributed by atoms with van der Waals surface area (Å²) in [5, 5.41) is 16.1. The van der Waals surface area contributed by atoms with Crippen molar-refractivity contribution < 1.29 is 35.2 Å². The van der Waals surface area contributed by atoms with Crippen LogP contribution in [0, 0.1) is 10.7 Å². The van der Waals surface area contributed by atoms with E-state index in [-0.39, 0.29) is 13.2 Å². The third-order valence-electron chi connectivity index (χ3n) is 12.5. The zero-order valence-electron chi connectivity index (χ0n) is 36.3. The largest absolute Gasteiger partial charge is 0.750 e. The monoisotopic (exact) mass is 912 g/mol. The van der Waals surface area contributed by atoms with Crippen LogP contribution in [0.25, 0.3) is 21.5 Å². The predicted octanol–water partition coefficient (Wildman–Crippen LogP) is 11.0. The minimum Gasteiger partial charge on any atom is -0.750 e. The van der Waals surface area contributed by atoms with Crippen LogP contribution in [-0.2, 0) is 41.9 Å². The zero-order chi connectivity index (χ0) is 45.0. The Morgan fingerprint density at radius 1 is 0.781 bits per heavy atom. The average molecular weight is 913 g/mol. The van der Waals surface area contributed by atoms with Crippen molar-refractivity contribution in [3.63, 3.8) is 0 Å². The number of hydrogen-bond donors (Lipinski definition) is 0. The number of nitrogens with zero attached hydrogens (tertiary/aromatic N) is 3. The Bertz CT molecular complexity index is 2850. The number of thiocyanates is 1. The molecule has 5 aromatic rings. The van der Waals surface area contributed by atoms with Gasteiger partial charge in [-0.2, -0.15) is 9.84 Å². The van der Waals surface area contributed by atoms with E-state index in [2.05, 4.69) is 140 Å². The minimum absolute atomic E-state index is 0.0792. The molecule has 0 fully saturated rings. The average Bonchev–Trinajstić information content (AvgIpc) is 3.64. The summed E-state index contributed by atoms with van der Waals surface area (Å²) >= 11 is -4.06. The lowest BCUT2D eigenvalue weighted by Gasteiger charge is -2.28. The Balaban J connectivity index is 1.23. The van der Waals surface area contributed by atoms with Crippen LogP contribution in [0.15, 0.2) is 149 Å². The van der Waals surface area contributed by atoms with E-state index in [1.165, 1.54) is 21.9 Å². The Morgan fingerprint density at radius 2 is 1.44 bits per heavy atom. The summed E-state index contributed by atoms with van der Waals surface area (Å²) in [5.41, 5.74) is 8.09. The second kappa shape index (κ2) is 19.5. The summed E-state index contributed by atoms with van der Waals surface area (Å²) in [6.45, 7) is 10.3. The van der Waals surface area contributed by atoms with E-state index in [4.69, 9.17) is 13.1 Å². The molecule has 10 nitrogen and oxygen atoms in total. The van der Waals surface area contributed by atoms with E-state index in [1.54, 1.807) is 0 Å². The summed E-state index contributed by atoms with van der Waals surface area (Å²) in [7, 11) is 0. The SMILES string of the molecule is CC1(C)C(/C=C/C2=C(Oc3ccc(SC#N)cc3)C(=C/C=C3/N(CCCOS(=O)[O-])c4ccc5ccccc5c4C3(C)C)/CCC2)=[N+](CCCOS(=O)[O-])c2ccc3ccccc3c21. The van der Waals surface area contributed by atoms with Gasteiger partial charge in [-0.05, 0) is 138 Å². The van der Waals surface area contributed by atoms with Gasteiger partial charge >= 0.3 is 0 Å². The summed E-state index contributed by atoms with van der Waals surface area (Å²) in [5.74, 6) is 1.43. The van der Waals surface area contributed by atoms with Gasteiger partial charge in [0.15, 0.2) is 12.3 Å². The first-order valence-corrected chi connectivity index (χ1v) is 24.3. The van der Waals surface area contributed by atoms with Crippen molar-refractivity contribution >= 4 is 73.1 Å². The van der Waals surface area contributed by atoms with Crippen molar-refractivity contribution in [3.8, 4) is 11.2 Å². The zero-order valence-corrected chi connectivity index (χ0v) is 38.8. The van der Waals surface area contributed by atoms with E-state index in [0.29, 0.717) is 31.7 Å². The molecule has 0 bridgehead atoms. The van der Waals surface area contributed by atoms with Crippen LogP contribution in [0.5, 0.6) is 5.75 Å². The highest BCUT2D eigenvalue weighted by molar-refractivity contribution is 8.03. The minimum atomic E-state index is -2.58. The molecular formula is C51H50N3O7S3-. The molecule has 0 N–H and O–H groups in total. The molecule has 0 radical (unpaired) electrons. The van der Waals surface area contributed by atoms with E-state index >= 15 is 0 Å². The number of benzene rings is 5. The molecule has 2 heterocycles. The number of fused-ring (bicyclic) bond motifs is 6. The van der Waals surface area contributed by atoms with Gasteiger partial charge in [0.1, 0.15) is 16.9 Å². The van der Waals surface area contributed by atoms with Crippen molar-refractivity contribution in [1.29, 1.82) is 5.26 Å². The van der Waals surface area contributed by atoms with Crippen molar-refractivity contribution in [1.82, 2.24) is 0 Å². The Labute approximate surface area is 384 Å². The number of ether oxygens (including phenoxy) is 1. The molecule has 5 aromatic carbocycles. The molecule has 3 aliphatic rings. The standard InChI is InChI=1S/C51H51N3O7S3/c1-50(2)45(53(30-10-32-59-63(55)56)43-26-18-35-12-5-7-16-41(35)47(43)50)28-20-37-14-9-15-38(49(37)61-39-22-24-40(25-23-39)62-34-52)21-29-46-51(3,4)48-42-17-8-6-13-36(42)19-27-44(48)54(46)31-11-33-60-64(57)58/h5-8,12-13,16-29H,9-11,14-15,30-33H2,1-4H3,(H-,55,56,57,58)/p-1. The molecule has 2 atom stereocenters. The van der Waals surface area contributed by atoms with Crippen LogP contribution in [-0.4, -0.2) is 54.1 Å². The maximum atomic E-state index is 11.2. The highest BCUT2D eigenvalue weighted by Crippen LogP contribution is 2.51. The van der Waals surface area contributed by atoms with Gasteiger partial charge in [0.2, 0.25) is 5.69 Å². The molecule has 8 rings (SSSR count). The van der Waals surface area contributed by atoms with Gasteiger partial charge in [0, 0.05) is 52.4 Å². The molecule has 1 aliphatic carbocycles. The molecule has 0 aromatic heterocycles. The molecule has 330 valence electrons. The molecule has 64 heavy (non-hydrogen) atoms. The fourth-order valence-electron chi connectivity index (χ4n) is 9.71. The van der Waals surface area contributed by atoms with E-state index in [9.17, 15) is 22.8 Å². The Hall–Kier alpha value is -5.17. The molecule has 2 unspecified atom stereocenters. The van der Waals surface area contributed by atoms with Gasteiger partial charge < -0.3 is 27.1 Å². The van der Waals surface area contributed by atoms with Crippen LogP contribution in [0.3, 0.4) is 0 Å². The molecule has 2 aliphatic heterocycles. The van der Waals surface area contributed by atoms with Gasteiger partial charge in [-0.25, -0.2) is 8.42 Å². The lowest BCUT2D eigenvalue weighted by Crippen LogP contribution is -2.28. The molecule has 13 heteroatoms. The van der Waals surface area contributed by atoms with Crippen LogP contribution in [0.1, 0.15) is 70.9 Å². The highest BCUT2D eigenvalue weighted by Gasteiger charge is 2.46. The van der Waals surface area contributed by atoms with E-state index in [1.807, 2.05) is 24.3 Å². The third kappa shape index (κ3) is 9.32. The van der Waals surface area contributed by atoms with Gasteiger partial charge in [-0.1, -0.05) is 74.5 Å². The van der Waals surface area contributed by atoms with Crippen molar-refractivity contribution in [2.45, 2.75) is 75.5 Å². The second-order valence-electron chi connectivity index (χ2n) is 17.1. The topological polar surface area (TPSA) is 138 Å². The van der Waals surface area contributed by atoms with Gasteiger partial charge in [-0.3, -0.25) is 0 Å². The van der Waals surface area contributed by atoms with E-state index in [0.717, 1.165) is 86.4 Å². The van der Waals surface area contributed by atoms with Crippen molar-refractivity contribution in [2.75, 3.05) is 31.2 Å². The fourth-order valence-corrected chi connectivity index (χ4v) is 10.6. The summed E-state index contributed by atoms with van der Waals surface area (Å²) in [6.07, 6.45) is 12.3. The van der Waals surface area contributed by atoms with Crippen molar-refractivity contribution in [2.24, 2.45) is 0 Å². The van der Waals surface area contributed by atoms with Crippen molar-refractivity contribution in [3.05, 3.63) is 155 Å². The van der Waals surface area contributed by atoms with E-state index < -0.39 is 33.6 Å². The molecular weight excluding hydrogens is 863 g/mol. The molecule has 0 spiro atoms. The number of hydrogen-bond acceptors (Lipinski definition) is 10. The number of rotatable bonds is 16. The first-order valence-electron chi connectivity index (χ1n) is 21.5. The Morgan fingerprint density at radius 3 is 2.12 bits per heavy atom. The third-order valence-corrected chi connectivity index (χ3v) is 13.8.